The first kappa shape index (κ1) is 13.5. The third-order valence-electron chi connectivity index (χ3n) is 3.69. The highest BCUT2D eigenvalue weighted by atomic mass is 16.5. The molecule has 2 rings (SSSR count). The van der Waals surface area contributed by atoms with Gasteiger partial charge in [0.25, 0.3) is 0 Å². The van der Waals surface area contributed by atoms with Crippen molar-refractivity contribution < 1.29 is 9.26 Å². The smallest absolute Gasteiger partial charge is 0.240 e. The number of hydrogen-bond donors (Lipinski definition) is 1. The van der Waals surface area contributed by atoms with Crippen molar-refractivity contribution in [2.24, 2.45) is 11.1 Å². The molecule has 1 aliphatic rings. The maximum atomic E-state index is 5.79. The molecule has 0 amide bonds. The number of methoxy groups -OCH3 is 1. The molecule has 0 bridgehead atoms. The lowest BCUT2D eigenvalue weighted by Gasteiger charge is -2.21. The quantitative estimate of drug-likeness (QED) is 0.843. The van der Waals surface area contributed by atoms with E-state index in [0.29, 0.717) is 18.3 Å². The van der Waals surface area contributed by atoms with Crippen molar-refractivity contribution in [3.63, 3.8) is 0 Å². The Balaban J connectivity index is 1.93. The van der Waals surface area contributed by atoms with E-state index in [4.69, 9.17) is 15.0 Å². The summed E-state index contributed by atoms with van der Waals surface area (Å²) in [6.07, 6.45) is 0.995. The van der Waals surface area contributed by atoms with Gasteiger partial charge in [-0.3, -0.25) is 4.90 Å². The molecule has 2 unspecified atom stereocenters. The van der Waals surface area contributed by atoms with Crippen LogP contribution in [-0.4, -0.2) is 41.8 Å². The second kappa shape index (κ2) is 5.34. The molecule has 1 aliphatic heterocycles. The Hall–Kier alpha value is -0.980. The predicted octanol–water partition coefficient (Wildman–Crippen LogP) is 0.948. The topological polar surface area (TPSA) is 77.4 Å². The van der Waals surface area contributed by atoms with Crippen molar-refractivity contribution in [2.45, 2.75) is 32.9 Å². The fraction of sp³-hybridized carbons (Fsp3) is 0.833. The summed E-state index contributed by atoms with van der Waals surface area (Å²) in [6.45, 7) is 7.56. The van der Waals surface area contributed by atoms with E-state index < -0.39 is 0 Å². The van der Waals surface area contributed by atoms with Gasteiger partial charge in [-0.1, -0.05) is 12.1 Å². The summed E-state index contributed by atoms with van der Waals surface area (Å²) in [5, 5.41) is 3.92. The molecule has 0 aliphatic carbocycles. The highest BCUT2D eigenvalue weighted by Gasteiger charge is 2.33. The number of nitrogens with two attached hydrogens (primary N) is 1. The minimum atomic E-state index is -0.129. The van der Waals surface area contributed by atoms with Crippen LogP contribution in [0.5, 0.6) is 0 Å². The van der Waals surface area contributed by atoms with Gasteiger partial charge < -0.3 is 15.0 Å². The highest BCUT2D eigenvalue weighted by Crippen LogP contribution is 2.29. The fourth-order valence-electron chi connectivity index (χ4n) is 2.22. The second-order valence-corrected chi connectivity index (χ2v) is 5.40. The third kappa shape index (κ3) is 2.88. The first-order valence-corrected chi connectivity index (χ1v) is 6.34. The summed E-state index contributed by atoms with van der Waals surface area (Å²) in [6, 6.07) is 0. The van der Waals surface area contributed by atoms with Crippen LogP contribution < -0.4 is 5.73 Å². The van der Waals surface area contributed by atoms with Gasteiger partial charge in [-0.2, -0.15) is 4.98 Å². The van der Waals surface area contributed by atoms with Crippen LogP contribution in [0, 0.1) is 5.41 Å². The summed E-state index contributed by atoms with van der Waals surface area (Å²) in [5.74, 6) is 1.25. The largest absolute Gasteiger partial charge is 0.374 e. The molecular formula is C12H22N4O2. The van der Waals surface area contributed by atoms with Gasteiger partial charge in [0.15, 0.2) is 5.82 Å². The molecule has 0 spiro atoms. The van der Waals surface area contributed by atoms with E-state index in [1.54, 1.807) is 7.11 Å². The molecule has 1 saturated heterocycles. The normalized spacial score (nSPS) is 26.7. The summed E-state index contributed by atoms with van der Waals surface area (Å²) in [7, 11) is 1.63. The molecule has 0 aromatic carbocycles. The van der Waals surface area contributed by atoms with Crippen molar-refractivity contribution in [2.75, 3.05) is 26.7 Å². The summed E-state index contributed by atoms with van der Waals surface area (Å²) in [4.78, 5) is 6.65. The van der Waals surface area contributed by atoms with E-state index in [9.17, 15) is 0 Å². The molecule has 0 saturated carbocycles. The van der Waals surface area contributed by atoms with Crippen molar-refractivity contribution >= 4 is 0 Å². The average molecular weight is 254 g/mol. The molecule has 2 atom stereocenters. The number of nitrogens with zero attached hydrogens (tertiary/aromatic N) is 3. The lowest BCUT2D eigenvalue weighted by atomic mass is 9.90. The number of aromatic nitrogens is 2. The Bertz CT molecular complexity index is 395. The maximum Gasteiger partial charge on any atom is 0.240 e. The van der Waals surface area contributed by atoms with Gasteiger partial charge in [-0.05, 0) is 31.8 Å². The van der Waals surface area contributed by atoms with Crippen molar-refractivity contribution in [1.29, 1.82) is 0 Å². The lowest BCUT2D eigenvalue weighted by molar-refractivity contribution is 0.109. The zero-order valence-corrected chi connectivity index (χ0v) is 11.3. The summed E-state index contributed by atoms with van der Waals surface area (Å²) < 4.78 is 10.4. The number of hydrogen-bond acceptors (Lipinski definition) is 6. The molecule has 102 valence electrons. The van der Waals surface area contributed by atoms with E-state index in [0.717, 1.165) is 26.1 Å². The van der Waals surface area contributed by atoms with Crippen LogP contribution in [0.1, 0.15) is 38.1 Å². The molecular weight excluding hydrogens is 232 g/mol. The Morgan fingerprint density at radius 3 is 3.00 bits per heavy atom. The summed E-state index contributed by atoms with van der Waals surface area (Å²) >= 11 is 0. The molecule has 0 radical (unpaired) electrons. The Labute approximate surface area is 107 Å². The van der Waals surface area contributed by atoms with Gasteiger partial charge in [-0.15, -0.1) is 0 Å². The number of likely N-dealkylation sites (tertiary alicyclic amines) is 1. The van der Waals surface area contributed by atoms with E-state index in [1.807, 2.05) is 6.92 Å². The van der Waals surface area contributed by atoms with Gasteiger partial charge in [0.2, 0.25) is 5.89 Å². The zero-order valence-electron chi connectivity index (χ0n) is 11.3. The number of ether oxygens (including phenoxy) is 1. The van der Waals surface area contributed by atoms with Gasteiger partial charge in [-0.25, -0.2) is 0 Å². The van der Waals surface area contributed by atoms with E-state index in [-0.39, 0.29) is 11.5 Å². The van der Waals surface area contributed by atoms with Crippen molar-refractivity contribution in [3.8, 4) is 0 Å². The van der Waals surface area contributed by atoms with Crippen molar-refractivity contribution in [1.82, 2.24) is 15.0 Å². The molecule has 1 aromatic rings. The molecule has 2 N–H and O–H groups in total. The molecule has 18 heavy (non-hydrogen) atoms. The van der Waals surface area contributed by atoms with Gasteiger partial charge in [0, 0.05) is 13.7 Å². The molecule has 6 heteroatoms. The standard InChI is InChI=1S/C12H22N4O2/c1-9(17-3)11-14-10(18-15-11)6-16-5-4-12(2,7-13)8-16/h9H,4-8,13H2,1-3H3. The van der Waals surface area contributed by atoms with Crippen LogP contribution >= 0.6 is 0 Å². The molecule has 1 aromatic heterocycles. The van der Waals surface area contributed by atoms with Crippen LogP contribution in [-0.2, 0) is 11.3 Å². The number of rotatable bonds is 5. The average Bonchev–Trinajstić information content (AvgIpc) is 2.97. The maximum absolute atomic E-state index is 5.79. The second-order valence-electron chi connectivity index (χ2n) is 5.40. The van der Waals surface area contributed by atoms with Gasteiger partial charge >= 0.3 is 0 Å². The Kier molecular flexibility index (Phi) is 3.99. The van der Waals surface area contributed by atoms with Crippen LogP contribution in [0.3, 0.4) is 0 Å². The molecule has 1 fully saturated rings. The molecule has 2 heterocycles. The minimum absolute atomic E-state index is 0.129. The Morgan fingerprint density at radius 1 is 1.61 bits per heavy atom. The third-order valence-corrected chi connectivity index (χ3v) is 3.69. The highest BCUT2D eigenvalue weighted by molar-refractivity contribution is 4.93. The van der Waals surface area contributed by atoms with Crippen LogP contribution in [0.25, 0.3) is 0 Å². The predicted molar refractivity (Wildman–Crippen MR) is 66.8 cm³/mol. The van der Waals surface area contributed by atoms with Crippen LogP contribution in [0.15, 0.2) is 4.52 Å². The lowest BCUT2D eigenvalue weighted by Crippen LogP contribution is -2.31. The Morgan fingerprint density at radius 2 is 2.39 bits per heavy atom. The first-order chi connectivity index (χ1) is 8.56. The monoisotopic (exact) mass is 254 g/mol. The van der Waals surface area contributed by atoms with Gasteiger partial charge in [0.05, 0.1) is 6.54 Å². The molecule has 6 nitrogen and oxygen atoms in total. The van der Waals surface area contributed by atoms with Crippen LogP contribution in [0.4, 0.5) is 0 Å². The zero-order chi connectivity index (χ0) is 13.2. The fourth-order valence-corrected chi connectivity index (χ4v) is 2.22. The summed E-state index contributed by atoms with van der Waals surface area (Å²) in [5.41, 5.74) is 6.02. The minimum Gasteiger partial charge on any atom is -0.374 e. The van der Waals surface area contributed by atoms with E-state index in [2.05, 4.69) is 22.0 Å². The van der Waals surface area contributed by atoms with E-state index >= 15 is 0 Å². The van der Waals surface area contributed by atoms with Crippen LogP contribution in [0.2, 0.25) is 0 Å². The van der Waals surface area contributed by atoms with Gasteiger partial charge in [0.1, 0.15) is 6.10 Å². The first-order valence-electron chi connectivity index (χ1n) is 6.34. The van der Waals surface area contributed by atoms with E-state index in [1.165, 1.54) is 0 Å². The van der Waals surface area contributed by atoms with Crippen molar-refractivity contribution in [3.05, 3.63) is 11.7 Å². The SMILES string of the molecule is COC(C)c1noc(CN2CCC(C)(CN)C2)n1.